The van der Waals surface area contributed by atoms with E-state index in [0.717, 1.165) is 0 Å². The van der Waals surface area contributed by atoms with Gasteiger partial charge in [-0.05, 0) is 25.2 Å². The first-order valence-corrected chi connectivity index (χ1v) is 7.52. The molecule has 20 heavy (non-hydrogen) atoms. The summed E-state index contributed by atoms with van der Waals surface area (Å²) < 4.78 is 25.5. The number of nitrogens with one attached hydrogen (secondary N) is 3. The van der Waals surface area contributed by atoms with Crippen molar-refractivity contribution in [1.29, 1.82) is 0 Å². The number of benzene rings is 1. The largest absolute Gasteiger partial charge is 0.355 e. The van der Waals surface area contributed by atoms with E-state index in [-0.39, 0.29) is 23.1 Å². The Hall–Kier alpha value is -1.93. The second-order valence-corrected chi connectivity index (χ2v) is 6.32. The van der Waals surface area contributed by atoms with E-state index in [1.807, 2.05) is 0 Å². The van der Waals surface area contributed by atoms with Crippen LogP contribution in [0.5, 0.6) is 0 Å². The van der Waals surface area contributed by atoms with Crippen LogP contribution in [0.2, 0.25) is 0 Å². The fraction of sp³-hybridized carbons (Fsp3) is 0.333. The van der Waals surface area contributed by atoms with Crippen LogP contribution in [-0.2, 0) is 19.6 Å². The molecule has 1 heterocycles. The average molecular weight is 297 g/mol. The van der Waals surface area contributed by atoms with E-state index in [9.17, 15) is 18.0 Å². The van der Waals surface area contributed by atoms with Gasteiger partial charge < -0.3 is 10.6 Å². The molecule has 3 N–H and O–H groups in total. The maximum absolute atomic E-state index is 11.9. The van der Waals surface area contributed by atoms with Crippen LogP contribution in [0.25, 0.3) is 0 Å². The molecule has 0 spiro atoms. The molecule has 2 amide bonds. The number of hydrogen-bond donors (Lipinski definition) is 3. The number of amides is 2. The molecule has 1 aliphatic heterocycles. The van der Waals surface area contributed by atoms with Gasteiger partial charge in [0.05, 0.1) is 10.8 Å². The van der Waals surface area contributed by atoms with Crippen molar-refractivity contribution in [2.45, 2.75) is 11.3 Å². The van der Waals surface area contributed by atoms with Crippen LogP contribution in [-0.4, -0.2) is 33.8 Å². The summed E-state index contributed by atoms with van der Waals surface area (Å²) in [7, 11) is -2.24. The van der Waals surface area contributed by atoms with E-state index in [4.69, 9.17) is 0 Å². The lowest BCUT2D eigenvalue weighted by Crippen LogP contribution is -2.25. The van der Waals surface area contributed by atoms with Crippen LogP contribution in [0.1, 0.15) is 6.42 Å². The second kappa shape index (κ2) is 5.59. The van der Waals surface area contributed by atoms with Gasteiger partial charge in [0.25, 0.3) is 0 Å². The lowest BCUT2D eigenvalue weighted by Gasteiger charge is -2.10. The molecule has 0 bridgehead atoms. The maximum atomic E-state index is 11.9. The summed E-state index contributed by atoms with van der Waals surface area (Å²) in [6, 6.07) is 5.94. The van der Waals surface area contributed by atoms with E-state index in [1.54, 1.807) is 6.07 Å². The summed E-state index contributed by atoms with van der Waals surface area (Å²) in [4.78, 5) is 23.0. The van der Waals surface area contributed by atoms with E-state index in [1.165, 1.54) is 25.2 Å². The fourth-order valence-electron chi connectivity index (χ4n) is 1.89. The zero-order valence-corrected chi connectivity index (χ0v) is 11.7. The van der Waals surface area contributed by atoms with E-state index >= 15 is 0 Å². The van der Waals surface area contributed by atoms with Crippen LogP contribution >= 0.6 is 0 Å². The van der Waals surface area contributed by atoms with Crippen molar-refractivity contribution in [2.75, 3.05) is 18.9 Å². The lowest BCUT2D eigenvalue weighted by molar-refractivity contribution is -0.123. The molecule has 2 rings (SSSR count). The van der Waals surface area contributed by atoms with Gasteiger partial charge >= 0.3 is 0 Å². The molecular weight excluding hydrogens is 282 g/mol. The Bertz CT molecular complexity index is 642. The Balaban J connectivity index is 2.12. The minimum absolute atomic E-state index is 0.0680. The van der Waals surface area contributed by atoms with Crippen LogP contribution in [0.3, 0.4) is 0 Å². The minimum Gasteiger partial charge on any atom is -0.355 e. The lowest BCUT2D eigenvalue weighted by atomic mass is 10.1. The van der Waals surface area contributed by atoms with Crippen LogP contribution in [0, 0.1) is 5.92 Å². The van der Waals surface area contributed by atoms with Gasteiger partial charge in [0.1, 0.15) is 0 Å². The van der Waals surface area contributed by atoms with Crippen LogP contribution < -0.4 is 15.4 Å². The van der Waals surface area contributed by atoms with Gasteiger partial charge in [-0.25, -0.2) is 13.1 Å². The SMILES string of the molecule is CNS(=O)(=O)c1cccc(NC(=O)C2CNC(=O)C2)c1. The van der Waals surface area contributed by atoms with Crippen LogP contribution in [0.15, 0.2) is 29.2 Å². The molecule has 1 atom stereocenters. The first-order valence-electron chi connectivity index (χ1n) is 6.03. The molecule has 8 heteroatoms. The zero-order chi connectivity index (χ0) is 14.8. The summed E-state index contributed by atoms with van der Waals surface area (Å²) >= 11 is 0. The Morgan fingerprint density at radius 2 is 2.15 bits per heavy atom. The normalized spacial score (nSPS) is 18.6. The van der Waals surface area contributed by atoms with Crippen molar-refractivity contribution in [3.63, 3.8) is 0 Å². The quantitative estimate of drug-likeness (QED) is 0.707. The van der Waals surface area contributed by atoms with Gasteiger partial charge in [-0.2, -0.15) is 0 Å². The molecule has 0 aromatic heterocycles. The molecule has 0 saturated carbocycles. The maximum Gasteiger partial charge on any atom is 0.240 e. The van der Waals surface area contributed by atoms with Gasteiger partial charge in [-0.15, -0.1) is 0 Å². The standard InChI is InChI=1S/C12H15N3O4S/c1-13-20(18,19)10-4-2-3-9(6-10)15-12(17)8-5-11(16)14-7-8/h2-4,6,8,13H,5,7H2,1H3,(H,14,16)(H,15,17). The minimum atomic E-state index is -3.55. The second-order valence-electron chi connectivity index (χ2n) is 4.43. The van der Waals surface area contributed by atoms with Crippen LogP contribution in [0.4, 0.5) is 5.69 Å². The highest BCUT2D eigenvalue weighted by atomic mass is 32.2. The average Bonchev–Trinajstić information content (AvgIpc) is 2.86. The zero-order valence-electron chi connectivity index (χ0n) is 10.8. The summed E-state index contributed by atoms with van der Waals surface area (Å²) in [6.07, 6.45) is 0.153. The van der Waals surface area contributed by atoms with E-state index in [0.29, 0.717) is 12.2 Å². The van der Waals surface area contributed by atoms with E-state index < -0.39 is 15.9 Å². The highest BCUT2D eigenvalue weighted by Gasteiger charge is 2.28. The van der Waals surface area contributed by atoms with Crippen molar-refractivity contribution in [2.24, 2.45) is 5.92 Å². The molecule has 1 aliphatic rings. The summed E-state index contributed by atoms with van der Waals surface area (Å²) in [5.41, 5.74) is 0.380. The Kier molecular flexibility index (Phi) is 4.05. The third-order valence-corrected chi connectivity index (χ3v) is 4.44. The summed E-state index contributed by atoms with van der Waals surface area (Å²) in [6.45, 7) is 0.305. The Morgan fingerprint density at radius 3 is 2.75 bits per heavy atom. The molecule has 0 aliphatic carbocycles. The van der Waals surface area contributed by atoms with Gasteiger partial charge in [0, 0.05) is 18.7 Å². The third kappa shape index (κ3) is 3.14. The number of hydrogen-bond acceptors (Lipinski definition) is 4. The molecule has 1 unspecified atom stereocenters. The third-order valence-electron chi connectivity index (χ3n) is 3.03. The monoisotopic (exact) mass is 297 g/mol. The highest BCUT2D eigenvalue weighted by Crippen LogP contribution is 2.17. The predicted octanol–water partition coefficient (Wildman–Crippen LogP) is -0.331. The Morgan fingerprint density at radius 1 is 1.40 bits per heavy atom. The highest BCUT2D eigenvalue weighted by molar-refractivity contribution is 7.89. The van der Waals surface area contributed by atoms with Crippen molar-refractivity contribution in [3.8, 4) is 0 Å². The van der Waals surface area contributed by atoms with Gasteiger partial charge in [0.15, 0.2) is 0 Å². The summed E-state index contributed by atoms with van der Waals surface area (Å²) in [5, 5.41) is 5.19. The first kappa shape index (κ1) is 14.5. The van der Waals surface area contributed by atoms with Crippen molar-refractivity contribution >= 4 is 27.5 Å². The number of carbonyl (C=O) groups excluding carboxylic acids is 2. The molecule has 1 fully saturated rings. The molecule has 108 valence electrons. The van der Waals surface area contributed by atoms with Gasteiger partial charge in [0.2, 0.25) is 21.8 Å². The number of sulfonamides is 1. The fourth-order valence-corrected chi connectivity index (χ4v) is 2.67. The molecular formula is C12H15N3O4S. The van der Waals surface area contributed by atoms with Crippen molar-refractivity contribution < 1.29 is 18.0 Å². The Labute approximate surface area is 116 Å². The molecule has 1 aromatic carbocycles. The number of rotatable bonds is 4. The smallest absolute Gasteiger partial charge is 0.240 e. The predicted molar refractivity (Wildman–Crippen MR) is 72.4 cm³/mol. The molecule has 0 radical (unpaired) electrons. The number of carbonyl (C=O) groups is 2. The van der Waals surface area contributed by atoms with Gasteiger partial charge in [-0.1, -0.05) is 6.07 Å². The van der Waals surface area contributed by atoms with Crippen molar-refractivity contribution in [3.05, 3.63) is 24.3 Å². The molecule has 7 nitrogen and oxygen atoms in total. The van der Waals surface area contributed by atoms with Crippen molar-refractivity contribution in [1.82, 2.24) is 10.0 Å². The topological polar surface area (TPSA) is 104 Å². The first-order chi connectivity index (χ1) is 9.42. The molecule has 1 aromatic rings. The van der Waals surface area contributed by atoms with E-state index in [2.05, 4.69) is 15.4 Å². The van der Waals surface area contributed by atoms with Gasteiger partial charge in [-0.3, -0.25) is 9.59 Å². The molecule has 1 saturated heterocycles. The summed E-state index contributed by atoms with van der Waals surface area (Å²) in [5.74, 6) is -0.883. The number of anilines is 1.